The molecule has 2 nitrogen and oxygen atoms in total. The molecular formula is C11H18O2. The summed E-state index contributed by atoms with van der Waals surface area (Å²) in [5.41, 5.74) is 0.478. The van der Waals surface area contributed by atoms with Crippen molar-refractivity contribution in [3.8, 4) is 0 Å². The summed E-state index contributed by atoms with van der Waals surface area (Å²) in [5.74, 6) is 0.388. The summed E-state index contributed by atoms with van der Waals surface area (Å²) < 4.78 is 5.26. The van der Waals surface area contributed by atoms with Crippen LogP contribution in [0.3, 0.4) is 0 Å². The van der Waals surface area contributed by atoms with Crippen molar-refractivity contribution in [1.82, 2.24) is 0 Å². The van der Waals surface area contributed by atoms with Crippen LogP contribution in [-0.2, 0) is 9.53 Å². The lowest BCUT2D eigenvalue weighted by Crippen LogP contribution is -2.24. The van der Waals surface area contributed by atoms with Crippen molar-refractivity contribution in [2.45, 2.75) is 46.1 Å². The number of carbonyl (C=O) groups is 1. The van der Waals surface area contributed by atoms with E-state index in [-0.39, 0.29) is 11.6 Å². The van der Waals surface area contributed by atoms with Crippen LogP contribution in [0.2, 0.25) is 0 Å². The SMILES string of the molecule is C[C@H]1C=C(C(=O)OC(C)(C)C)CC1. The lowest BCUT2D eigenvalue weighted by Gasteiger charge is -2.19. The topological polar surface area (TPSA) is 26.3 Å². The fraction of sp³-hybridized carbons (Fsp3) is 0.727. The maximum absolute atomic E-state index is 11.5. The third kappa shape index (κ3) is 3.21. The molecule has 0 fully saturated rings. The molecule has 1 aliphatic rings. The molecule has 0 heterocycles. The Balaban J connectivity index is 2.54. The highest BCUT2D eigenvalue weighted by molar-refractivity contribution is 5.89. The molecule has 1 atom stereocenters. The number of hydrogen-bond donors (Lipinski definition) is 0. The summed E-state index contributed by atoms with van der Waals surface area (Å²) in [4.78, 5) is 11.5. The van der Waals surface area contributed by atoms with Crippen LogP contribution in [0, 0.1) is 5.92 Å². The van der Waals surface area contributed by atoms with E-state index in [1.807, 2.05) is 26.8 Å². The molecule has 0 N–H and O–H groups in total. The molecule has 0 aromatic carbocycles. The van der Waals surface area contributed by atoms with Crippen LogP contribution in [0.4, 0.5) is 0 Å². The number of allylic oxidation sites excluding steroid dienone is 1. The fourth-order valence-electron chi connectivity index (χ4n) is 1.41. The Hall–Kier alpha value is -0.790. The first-order valence-corrected chi connectivity index (χ1v) is 4.82. The zero-order chi connectivity index (χ0) is 10.1. The molecule has 0 aliphatic heterocycles. The Morgan fingerprint density at radius 3 is 2.54 bits per heavy atom. The molecular weight excluding hydrogens is 164 g/mol. The standard InChI is InChI=1S/C11H18O2/c1-8-5-6-9(7-8)10(12)13-11(2,3)4/h7-8H,5-6H2,1-4H3/t8-/m1/s1. The van der Waals surface area contributed by atoms with Gasteiger partial charge in [-0.1, -0.05) is 13.0 Å². The molecule has 1 aliphatic carbocycles. The molecule has 74 valence electrons. The van der Waals surface area contributed by atoms with Gasteiger partial charge in [0.05, 0.1) is 0 Å². The summed E-state index contributed by atoms with van der Waals surface area (Å²) in [6.45, 7) is 7.80. The van der Waals surface area contributed by atoms with Crippen molar-refractivity contribution >= 4 is 5.97 Å². The smallest absolute Gasteiger partial charge is 0.334 e. The van der Waals surface area contributed by atoms with E-state index < -0.39 is 0 Å². The zero-order valence-electron chi connectivity index (χ0n) is 8.89. The quantitative estimate of drug-likeness (QED) is 0.583. The number of rotatable bonds is 1. The molecule has 0 bridgehead atoms. The Kier molecular flexibility index (Phi) is 2.79. The second-order valence-corrected chi connectivity index (χ2v) is 4.71. The molecule has 1 rings (SSSR count). The normalized spacial score (nSPS) is 22.8. The minimum Gasteiger partial charge on any atom is -0.457 e. The van der Waals surface area contributed by atoms with E-state index in [0.717, 1.165) is 18.4 Å². The van der Waals surface area contributed by atoms with Gasteiger partial charge in [-0.15, -0.1) is 0 Å². The third-order valence-electron chi connectivity index (χ3n) is 2.02. The van der Waals surface area contributed by atoms with Crippen molar-refractivity contribution in [1.29, 1.82) is 0 Å². The lowest BCUT2D eigenvalue weighted by molar-refractivity contribution is -0.149. The number of hydrogen-bond acceptors (Lipinski definition) is 2. The van der Waals surface area contributed by atoms with Crippen LogP contribution in [0.15, 0.2) is 11.6 Å². The van der Waals surface area contributed by atoms with E-state index in [0.29, 0.717) is 5.92 Å². The first kappa shape index (κ1) is 10.3. The maximum Gasteiger partial charge on any atom is 0.334 e. The summed E-state index contributed by atoms with van der Waals surface area (Å²) >= 11 is 0. The fourth-order valence-corrected chi connectivity index (χ4v) is 1.41. The van der Waals surface area contributed by atoms with E-state index in [9.17, 15) is 4.79 Å². The van der Waals surface area contributed by atoms with Gasteiger partial charge in [-0.25, -0.2) is 4.79 Å². The third-order valence-corrected chi connectivity index (χ3v) is 2.02. The summed E-state index contributed by atoms with van der Waals surface area (Å²) in [5, 5.41) is 0. The van der Waals surface area contributed by atoms with Crippen molar-refractivity contribution < 1.29 is 9.53 Å². The monoisotopic (exact) mass is 182 g/mol. The highest BCUT2D eigenvalue weighted by atomic mass is 16.6. The van der Waals surface area contributed by atoms with Gasteiger partial charge >= 0.3 is 5.97 Å². The predicted octanol–water partition coefficient (Wildman–Crippen LogP) is 2.68. The Bertz CT molecular complexity index is 233. The van der Waals surface area contributed by atoms with Crippen LogP contribution in [0.1, 0.15) is 40.5 Å². The van der Waals surface area contributed by atoms with Crippen LogP contribution < -0.4 is 0 Å². The van der Waals surface area contributed by atoms with Gasteiger partial charge < -0.3 is 4.74 Å². The van der Waals surface area contributed by atoms with E-state index in [4.69, 9.17) is 4.74 Å². The number of carbonyl (C=O) groups excluding carboxylic acids is 1. The summed E-state index contributed by atoms with van der Waals surface area (Å²) in [6, 6.07) is 0. The Labute approximate surface area is 80.0 Å². The summed E-state index contributed by atoms with van der Waals surface area (Å²) in [6.07, 6.45) is 3.97. The van der Waals surface area contributed by atoms with Crippen LogP contribution in [-0.4, -0.2) is 11.6 Å². The predicted molar refractivity (Wildman–Crippen MR) is 52.3 cm³/mol. The molecule has 0 spiro atoms. The first-order valence-electron chi connectivity index (χ1n) is 4.82. The average Bonchev–Trinajstić information content (AvgIpc) is 2.31. The lowest BCUT2D eigenvalue weighted by atomic mass is 10.2. The minimum absolute atomic E-state index is 0.142. The highest BCUT2D eigenvalue weighted by Gasteiger charge is 2.23. The van der Waals surface area contributed by atoms with Gasteiger partial charge in [-0.3, -0.25) is 0 Å². The van der Waals surface area contributed by atoms with Gasteiger partial charge in [0, 0.05) is 5.57 Å². The molecule has 13 heavy (non-hydrogen) atoms. The van der Waals surface area contributed by atoms with E-state index >= 15 is 0 Å². The Morgan fingerprint density at radius 1 is 1.54 bits per heavy atom. The van der Waals surface area contributed by atoms with Gasteiger partial charge in [-0.05, 0) is 39.5 Å². The number of esters is 1. The molecule has 0 unspecified atom stereocenters. The second kappa shape index (κ2) is 3.52. The van der Waals surface area contributed by atoms with Gasteiger partial charge in [0.15, 0.2) is 0 Å². The largest absolute Gasteiger partial charge is 0.457 e. The molecule has 0 saturated carbocycles. The van der Waals surface area contributed by atoms with Crippen LogP contribution in [0.25, 0.3) is 0 Å². The van der Waals surface area contributed by atoms with Gasteiger partial charge in [0.25, 0.3) is 0 Å². The highest BCUT2D eigenvalue weighted by Crippen LogP contribution is 2.25. The van der Waals surface area contributed by atoms with Crippen molar-refractivity contribution in [2.24, 2.45) is 5.92 Å². The first-order chi connectivity index (χ1) is 5.88. The molecule has 0 aromatic heterocycles. The van der Waals surface area contributed by atoms with Gasteiger partial charge in [0.2, 0.25) is 0 Å². The van der Waals surface area contributed by atoms with Crippen molar-refractivity contribution in [2.75, 3.05) is 0 Å². The number of ether oxygens (including phenoxy) is 1. The van der Waals surface area contributed by atoms with Crippen molar-refractivity contribution in [3.05, 3.63) is 11.6 Å². The van der Waals surface area contributed by atoms with Gasteiger partial charge in [0.1, 0.15) is 5.60 Å². The Morgan fingerprint density at radius 2 is 2.15 bits per heavy atom. The second-order valence-electron chi connectivity index (χ2n) is 4.71. The van der Waals surface area contributed by atoms with Crippen LogP contribution >= 0.6 is 0 Å². The summed E-state index contributed by atoms with van der Waals surface area (Å²) in [7, 11) is 0. The molecule has 0 amide bonds. The molecule has 0 radical (unpaired) electrons. The van der Waals surface area contributed by atoms with E-state index in [2.05, 4.69) is 6.92 Å². The van der Waals surface area contributed by atoms with Crippen LogP contribution in [0.5, 0.6) is 0 Å². The molecule has 2 heteroatoms. The van der Waals surface area contributed by atoms with E-state index in [1.165, 1.54) is 0 Å². The minimum atomic E-state index is -0.371. The maximum atomic E-state index is 11.5. The van der Waals surface area contributed by atoms with E-state index in [1.54, 1.807) is 0 Å². The molecule has 0 aromatic rings. The van der Waals surface area contributed by atoms with Crippen molar-refractivity contribution in [3.63, 3.8) is 0 Å². The average molecular weight is 182 g/mol. The van der Waals surface area contributed by atoms with Gasteiger partial charge in [-0.2, -0.15) is 0 Å². The molecule has 0 saturated heterocycles. The zero-order valence-corrected chi connectivity index (χ0v) is 8.89.